The molecule has 0 aliphatic carbocycles. The number of amides is 2. The van der Waals surface area contributed by atoms with E-state index in [4.69, 9.17) is 16.3 Å². The van der Waals surface area contributed by atoms with Crippen LogP contribution in [0.4, 0.5) is 0 Å². The summed E-state index contributed by atoms with van der Waals surface area (Å²) in [7, 11) is 1.56. The predicted octanol–water partition coefficient (Wildman–Crippen LogP) is 2.44. The van der Waals surface area contributed by atoms with Gasteiger partial charge in [-0.05, 0) is 31.4 Å². The third kappa shape index (κ3) is 4.86. The summed E-state index contributed by atoms with van der Waals surface area (Å²) in [6.45, 7) is 1.27. The molecule has 0 spiro atoms. The van der Waals surface area contributed by atoms with E-state index >= 15 is 0 Å². The van der Waals surface area contributed by atoms with E-state index in [0.29, 0.717) is 43.1 Å². The lowest BCUT2D eigenvalue weighted by molar-refractivity contribution is -0.122. The summed E-state index contributed by atoms with van der Waals surface area (Å²) in [6, 6.07) is 7.38. The van der Waals surface area contributed by atoms with Gasteiger partial charge in [-0.15, -0.1) is 11.6 Å². The molecular weight excluding hydrogens is 316 g/mol. The number of likely N-dealkylation sites (tertiary alicyclic amines) is 1. The van der Waals surface area contributed by atoms with Crippen molar-refractivity contribution in [3.8, 4) is 5.75 Å². The summed E-state index contributed by atoms with van der Waals surface area (Å²) in [5, 5.41) is 3.02. The van der Waals surface area contributed by atoms with E-state index < -0.39 is 0 Å². The van der Waals surface area contributed by atoms with Crippen LogP contribution in [0.2, 0.25) is 0 Å². The molecule has 23 heavy (non-hydrogen) atoms. The molecule has 1 aromatic rings. The van der Waals surface area contributed by atoms with Crippen LogP contribution < -0.4 is 10.1 Å². The Morgan fingerprint density at radius 1 is 1.30 bits per heavy atom. The molecule has 126 valence electrons. The Hall–Kier alpha value is -1.75. The molecular formula is C17H23ClN2O3. The molecule has 1 aromatic carbocycles. The first-order valence-corrected chi connectivity index (χ1v) is 8.46. The van der Waals surface area contributed by atoms with Crippen molar-refractivity contribution in [2.75, 3.05) is 26.1 Å². The van der Waals surface area contributed by atoms with Crippen molar-refractivity contribution in [2.45, 2.75) is 31.7 Å². The van der Waals surface area contributed by atoms with Crippen molar-refractivity contribution >= 4 is 23.4 Å². The summed E-state index contributed by atoms with van der Waals surface area (Å²) in [4.78, 5) is 26.1. The van der Waals surface area contributed by atoms with Gasteiger partial charge in [0.25, 0.3) is 5.91 Å². The second-order valence-electron chi connectivity index (χ2n) is 5.63. The molecule has 1 N–H and O–H groups in total. The minimum absolute atomic E-state index is 0.0191. The van der Waals surface area contributed by atoms with Crippen LogP contribution in [0.3, 0.4) is 0 Å². The maximum atomic E-state index is 12.6. The van der Waals surface area contributed by atoms with Gasteiger partial charge in [0.1, 0.15) is 5.75 Å². The number of rotatable bonds is 6. The van der Waals surface area contributed by atoms with Crippen LogP contribution >= 0.6 is 11.6 Å². The zero-order valence-electron chi connectivity index (χ0n) is 13.4. The van der Waals surface area contributed by atoms with Gasteiger partial charge in [0.2, 0.25) is 5.91 Å². The number of nitrogens with one attached hydrogen (secondary N) is 1. The predicted molar refractivity (Wildman–Crippen MR) is 90.0 cm³/mol. The summed E-state index contributed by atoms with van der Waals surface area (Å²) >= 11 is 5.59. The van der Waals surface area contributed by atoms with Crippen molar-refractivity contribution < 1.29 is 14.3 Å². The fourth-order valence-corrected chi connectivity index (χ4v) is 2.88. The summed E-state index contributed by atoms with van der Waals surface area (Å²) in [6.07, 6.45) is 2.70. The van der Waals surface area contributed by atoms with Crippen LogP contribution in [0.5, 0.6) is 5.75 Å². The summed E-state index contributed by atoms with van der Waals surface area (Å²) in [5.74, 6) is 1.11. The van der Waals surface area contributed by atoms with Gasteiger partial charge in [0.05, 0.1) is 12.7 Å². The van der Waals surface area contributed by atoms with Crippen molar-refractivity contribution in [3.63, 3.8) is 0 Å². The molecule has 1 heterocycles. The maximum Gasteiger partial charge on any atom is 0.257 e. The van der Waals surface area contributed by atoms with E-state index in [1.807, 2.05) is 17.0 Å². The lowest BCUT2D eigenvalue weighted by Crippen LogP contribution is -2.46. The fourth-order valence-electron chi connectivity index (χ4n) is 2.75. The average molecular weight is 339 g/mol. The first kappa shape index (κ1) is 17.6. The van der Waals surface area contributed by atoms with Crippen LogP contribution in [0, 0.1) is 0 Å². The van der Waals surface area contributed by atoms with Gasteiger partial charge < -0.3 is 15.0 Å². The van der Waals surface area contributed by atoms with Gasteiger partial charge in [0, 0.05) is 31.4 Å². The highest BCUT2D eigenvalue weighted by Crippen LogP contribution is 2.21. The van der Waals surface area contributed by atoms with Crippen LogP contribution in [-0.4, -0.2) is 48.8 Å². The van der Waals surface area contributed by atoms with E-state index in [2.05, 4.69) is 5.32 Å². The fraction of sp³-hybridized carbons (Fsp3) is 0.529. The van der Waals surface area contributed by atoms with E-state index in [0.717, 1.165) is 12.8 Å². The quantitative estimate of drug-likeness (QED) is 0.810. The minimum atomic E-state index is -0.0191. The monoisotopic (exact) mass is 338 g/mol. The number of piperidine rings is 1. The third-order valence-corrected chi connectivity index (χ3v) is 4.29. The molecule has 1 fully saturated rings. The van der Waals surface area contributed by atoms with Crippen molar-refractivity contribution in [2.24, 2.45) is 0 Å². The third-order valence-electron chi connectivity index (χ3n) is 4.02. The molecule has 0 bridgehead atoms. The molecule has 0 saturated carbocycles. The zero-order valence-corrected chi connectivity index (χ0v) is 14.1. The Balaban J connectivity index is 1.86. The van der Waals surface area contributed by atoms with E-state index in [-0.39, 0.29) is 17.9 Å². The van der Waals surface area contributed by atoms with Crippen molar-refractivity contribution in [3.05, 3.63) is 29.8 Å². The number of carbonyl (C=O) groups is 2. The van der Waals surface area contributed by atoms with E-state index in [1.165, 1.54) is 0 Å². The van der Waals surface area contributed by atoms with Gasteiger partial charge in [-0.2, -0.15) is 0 Å². The Morgan fingerprint density at radius 3 is 2.65 bits per heavy atom. The molecule has 0 atom stereocenters. The van der Waals surface area contributed by atoms with Crippen LogP contribution in [0.25, 0.3) is 0 Å². The minimum Gasteiger partial charge on any atom is -0.496 e. The highest BCUT2D eigenvalue weighted by atomic mass is 35.5. The second-order valence-corrected chi connectivity index (χ2v) is 6.00. The Kier molecular flexibility index (Phi) is 6.71. The molecule has 2 amide bonds. The number of para-hydroxylation sites is 1. The number of benzene rings is 1. The lowest BCUT2D eigenvalue weighted by atomic mass is 10.0. The smallest absolute Gasteiger partial charge is 0.257 e. The highest BCUT2D eigenvalue weighted by Gasteiger charge is 2.25. The molecule has 1 saturated heterocycles. The molecule has 1 aliphatic heterocycles. The first-order chi connectivity index (χ1) is 11.2. The normalized spacial score (nSPS) is 15.3. The summed E-state index contributed by atoms with van der Waals surface area (Å²) < 4.78 is 5.25. The van der Waals surface area contributed by atoms with Crippen molar-refractivity contribution in [1.29, 1.82) is 0 Å². The Labute approximate surface area is 141 Å². The number of ether oxygens (including phenoxy) is 1. The molecule has 2 rings (SSSR count). The largest absolute Gasteiger partial charge is 0.496 e. The molecule has 0 aromatic heterocycles. The van der Waals surface area contributed by atoms with Crippen LogP contribution in [0.1, 0.15) is 36.0 Å². The second kappa shape index (κ2) is 8.77. The van der Waals surface area contributed by atoms with Crippen LogP contribution in [-0.2, 0) is 4.79 Å². The topological polar surface area (TPSA) is 58.6 Å². The zero-order chi connectivity index (χ0) is 16.7. The number of halogens is 1. The SMILES string of the molecule is COc1ccccc1C(=O)N1CCC(NC(=O)CCCCl)CC1. The number of nitrogens with zero attached hydrogens (tertiary/aromatic N) is 1. The van der Waals surface area contributed by atoms with Gasteiger partial charge in [0.15, 0.2) is 0 Å². The number of hydrogen-bond donors (Lipinski definition) is 1. The van der Waals surface area contributed by atoms with Crippen LogP contribution in [0.15, 0.2) is 24.3 Å². The van der Waals surface area contributed by atoms with Gasteiger partial charge in [-0.25, -0.2) is 0 Å². The highest BCUT2D eigenvalue weighted by molar-refractivity contribution is 6.17. The average Bonchev–Trinajstić information content (AvgIpc) is 2.60. The van der Waals surface area contributed by atoms with Gasteiger partial charge in [-0.3, -0.25) is 9.59 Å². The number of hydrogen-bond acceptors (Lipinski definition) is 3. The molecule has 0 unspecified atom stereocenters. The van der Waals surface area contributed by atoms with Gasteiger partial charge in [-0.1, -0.05) is 12.1 Å². The Bertz CT molecular complexity index is 542. The molecule has 1 aliphatic rings. The van der Waals surface area contributed by atoms with E-state index in [9.17, 15) is 9.59 Å². The number of alkyl halides is 1. The molecule has 6 heteroatoms. The Morgan fingerprint density at radius 2 is 2.00 bits per heavy atom. The van der Waals surface area contributed by atoms with E-state index in [1.54, 1.807) is 19.2 Å². The number of carbonyl (C=O) groups excluding carboxylic acids is 2. The molecule has 5 nitrogen and oxygen atoms in total. The maximum absolute atomic E-state index is 12.6. The van der Waals surface area contributed by atoms with Crippen molar-refractivity contribution in [1.82, 2.24) is 10.2 Å². The van der Waals surface area contributed by atoms with Gasteiger partial charge >= 0.3 is 0 Å². The standard InChI is InChI=1S/C17H23ClN2O3/c1-23-15-6-3-2-5-14(15)17(22)20-11-8-13(9-12-20)19-16(21)7-4-10-18/h2-3,5-6,13H,4,7-12H2,1H3,(H,19,21). The lowest BCUT2D eigenvalue weighted by Gasteiger charge is -2.32. The summed E-state index contributed by atoms with van der Waals surface area (Å²) in [5.41, 5.74) is 0.583. The first-order valence-electron chi connectivity index (χ1n) is 7.93. The molecule has 0 radical (unpaired) electrons. The number of methoxy groups -OCH3 is 1.